The summed E-state index contributed by atoms with van der Waals surface area (Å²) in [6, 6.07) is 14.0. The molecule has 0 fully saturated rings. The van der Waals surface area contributed by atoms with Gasteiger partial charge in [0, 0.05) is 16.7 Å². The molecule has 1 heterocycles. The molecular weight excluding hydrogens is 399 g/mol. The lowest BCUT2D eigenvalue weighted by Crippen LogP contribution is -2.20. The van der Waals surface area contributed by atoms with Crippen molar-refractivity contribution in [3.63, 3.8) is 0 Å². The van der Waals surface area contributed by atoms with Crippen molar-refractivity contribution in [2.24, 2.45) is 0 Å². The number of benzene rings is 2. The van der Waals surface area contributed by atoms with Gasteiger partial charge >= 0.3 is 0 Å². The minimum Gasteiger partial charge on any atom is -0.368 e. The second-order valence-electron chi connectivity index (χ2n) is 5.83. The van der Waals surface area contributed by atoms with Gasteiger partial charge in [0.2, 0.25) is 11.9 Å². The van der Waals surface area contributed by atoms with E-state index in [4.69, 9.17) is 5.73 Å². The Bertz CT molecular complexity index is 887. The highest BCUT2D eigenvalue weighted by atomic mass is 79.9. The molecule has 134 valence electrons. The molecule has 0 saturated heterocycles. The number of anilines is 3. The van der Waals surface area contributed by atoms with Crippen molar-refractivity contribution >= 4 is 33.5 Å². The highest BCUT2D eigenvalue weighted by Gasteiger charge is 2.10. The van der Waals surface area contributed by atoms with Crippen LogP contribution in [0.2, 0.25) is 0 Å². The average molecular weight is 417 g/mol. The predicted octanol–water partition coefficient (Wildman–Crippen LogP) is 3.73. The topological polar surface area (TPSA) is 80.0 Å². The molecule has 0 bridgehead atoms. The highest BCUT2D eigenvalue weighted by molar-refractivity contribution is 9.10. The number of aromatic nitrogens is 3. The van der Waals surface area contributed by atoms with E-state index >= 15 is 0 Å². The van der Waals surface area contributed by atoms with Gasteiger partial charge in [-0.25, -0.2) is 4.39 Å². The van der Waals surface area contributed by atoms with Crippen molar-refractivity contribution in [1.82, 2.24) is 19.9 Å². The molecule has 3 rings (SSSR count). The first kappa shape index (κ1) is 18.2. The first-order chi connectivity index (χ1) is 12.5. The number of halogens is 2. The van der Waals surface area contributed by atoms with E-state index in [9.17, 15) is 4.39 Å². The molecule has 3 aromatic rings. The average Bonchev–Trinajstić information content (AvgIpc) is 2.58. The van der Waals surface area contributed by atoms with Gasteiger partial charge in [0.1, 0.15) is 11.6 Å². The minimum atomic E-state index is -0.305. The second-order valence-corrected chi connectivity index (χ2v) is 6.68. The molecule has 3 N–H and O–H groups in total. The van der Waals surface area contributed by atoms with Crippen LogP contribution in [0.25, 0.3) is 0 Å². The zero-order valence-corrected chi connectivity index (χ0v) is 15.7. The Kier molecular flexibility index (Phi) is 5.75. The summed E-state index contributed by atoms with van der Waals surface area (Å²) < 4.78 is 14.1. The summed E-state index contributed by atoms with van der Waals surface area (Å²) in [7, 11) is 1.98. The summed E-state index contributed by atoms with van der Waals surface area (Å²) >= 11 is 3.55. The fraction of sp³-hybridized carbons (Fsp3) is 0.167. The lowest BCUT2D eigenvalue weighted by Gasteiger charge is -2.17. The van der Waals surface area contributed by atoms with Gasteiger partial charge < -0.3 is 11.1 Å². The predicted molar refractivity (Wildman–Crippen MR) is 103 cm³/mol. The van der Waals surface area contributed by atoms with Crippen molar-refractivity contribution in [1.29, 1.82) is 0 Å². The van der Waals surface area contributed by atoms with E-state index < -0.39 is 0 Å². The summed E-state index contributed by atoms with van der Waals surface area (Å²) in [5, 5.41) is 3.01. The largest absolute Gasteiger partial charge is 0.368 e. The standard InChI is InChI=1S/C18H18BrFN6/c1-26(10-12-4-2-3-5-15(12)19)11-16-23-17(21)25-18(24-16)22-14-8-6-13(20)7-9-14/h2-9H,10-11H2,1H3,(H3,21,22,23,24,25). The van der Waals surface area contributed by atoms with Crippen LogP contribution in [-0.4, -0.2) is 26.9 Å². The van der Waals surface area contributed by atoms with E-state index in [-0.39, 0.29) is 11.8 Å². The number of nitrogens with one attached hydrogen (secondary N) is 1. The van der Waals surface area contributed by atoms with E-state index in [1.54, 1.807) is 12.1 Å². The van der Waals surface area contributed by atoms with Crippen molar-refractivity contribution < 1.29 is 4.39 Å². The zero-order valence-electron chi connectivity index (χ0n) is 14.2. The molecule has 0 aliphatic rings. The lowest BCUT2D eigenvalue weighted by molar-refractivity contribution is 0.310. The molecule has 0 saturated carbocycles. The molecule has 0 aliphatic heterocycles. The second kappa shape index (κ2) is 8.20. The van der Waals surface area contributed by atoms with Crippen LogP contribution in [-0.2, 0) is 13.1 Å². The molecule has 0 spiro atoms. The SMILES string of the molecule is CN(Cc1nc(N)nc(Nc2ccc(F)cc2)n1)Cc1ccccc1Br. The maximum atomic E-state index is 13.0. The monoisotopic (exact) mass is 416 g/mol. The first-order valence-electron chi connectivity index (χ1n) is 7.94. The van der Waals surface area contributed by atoms with Crippen LogP contribution in [0.4, 0.5) is 22.0 Å². The quantitative estimate of drug-likeness (QED) is 0.636. The fourth-order valence-electron chi connectivity index (χ4n) is 2.44. The molecule has 1 aromatic heterocycles. The summed E-state index contributed by atoms with van der Waals surface area (Å²) in [4.78, 5) is 14.8. The van der Waals surface area contributed by atoms with Crippen LogP contribution in [0.3, 0.4) is 0 Å². The van der Waals surface area contributed by atoms with E-state index in [0.717, 1.165) is 11.0 Å². The summed E-state index contributed by atoms with van der Waals surface area (Å²) in [6.45, 7) is 1.24. The number of nitrogens with two attached hydrogens (primary N) is 1. The highest BCUT2D eigenvalue weighted by Crippen LogP contribution is 2.18. The number of nitrogens with zero attached hydrogens (tertiary/aromatic N) is 4. The molecule has 0 unspecified atom stereocenters. The van der Waals surface area contributed by atoms with E-state index in [2.05, 4.69) is 47.2 Å². The zero-order chi connectivity index (χ0) is 18.5. The maximum absolute atomic E-state index is 13.0. The van der Waals surface area contributed by atoms with Gasteiger partial charge in [-0.3, -0.25) is 4.90 Å². The third-order valence-corrected chi connectivity index (χ3v) is 4.38. The molecule has 2 aromatic carbocycles. The van der Waals surface area contributed by atoms with Crippen LogP contribution in [0, 0.1) is 5.82 Å². The molecule has 0 atom stereocenters. The number of rotatable bonds is 6. The molecule has 8 heteroatoms. The van der Waals surface area contributed by atoms with Crippen LogP contribution < -0.4 is 11.1 Å². The van der Waals surface area contributed by atoms with Crippen molar-refractivity contribution in [2.75, 3.05) is 18.1 Å². The minimum absolute atomic E-state index is 0.133. The molecule has 0 aliphatic carbocycles. The Hall–Kier alpha value is -2.58. The van der Waals surface area contributed by atoms with Crippen LogP contribution in [0.15, 0.2) is 53.0 Å². The molecule has 26 heavy (non-hydrogen) atoms. The smallest absolute Gasteiger partial charge is 0.232 e. The van der Waals surface area contributed by atoms with E-state index in [1.807, 2.05) is 25.2 Å². The molecular formula is C18H18BrFN6. The van der Waals surface area contributed by atoms with E-state index in [0.29, 0.717) is 24.0 Å². The van der Waals surface area contributed by atoms with E-state index in [1.165, 1.54) is 17.7 Å². The van der Waals surface area contributed by atoms with Crippen LogP contribution in [0.1, 0.15) is 11.4 Å². The maximum Gasteiger partial charge on any atom is 0.232 e. The van der Waals surface area contributed by atoms with Gasteiger partial charge in [-0.15, -0.1) is 0 Å². The number of hydrogen-bond donors (Lipinski definition) is 2. The summed E-state index contributed by atoms with van der Waals surface area (Å²) in [6.07, 6.45) is 0. The van der Waals surface area contributed by atoms with Gasteiger partial charge in [-0.2, -0.15) is 15.0 Å². The van der Waals surface area contributed by atoms with Gasteiger partial charge in [-0.1, -0.05) is 34.1 Å². The Labute approximate surface area is 159 Å². The van der Waals surface area contributed by atoms with Gasteiger partial charge in [0.15, 0.2) is 0 Å². The Morgan fingerprint density at radius 2 is 1.77 bits per heavy atom. The Morgan fingerprint density at radius 3 is 2.50 bits per heavy atom. The number of hydrogen-bond acceptors (Lipinski definition) is 6. The van der Waals surface area contributed by atoms with Gasteiger partial charge in [0.25, 0.3) is 0 Å². The summed E-state index contributed by atoms with van der Waals surface area (Å²) in [5.41, 5.74) is 7.64. The Morgan fingerprint density at radius 1 is 1.04 bits per heavy atom. The Balaban J connectivity index is 1.70. The fourth-order valence-corrected chi connectivity index (χ4v) is 2.85. The molecule has 0 radical (unpaired) electrons. The third-order valence-electron chi connectivity index (χ3n) is 3.61. The summed E-state index contributed by atoms with van der Waals surface area (Å²) in [5.74, 6) is 0.707. The van der Waals surface area contributed by atoms with Gasteiger partial charge in [0.05, 0.1) is 6.54 Å². The van der Waals surface area contributed by atoms with Crippen molar-refractivity contribution in [2.45, 2.75) is 13.1 Å². The first-order valence-corrected chi connectivity index (χ1v) is 8.74. The van der Waals surface area contributed by atoms with Crippen molar-refractivity contribution in [3.05, 3.63) is 70.2 Å². The lowest BCUT2D eigenvalue weighted by atomic mass is 10.2. The molecule has 0 amide bonds. The van der Waals surface area contributed by atoms with Crippen LogP contribution in [0.5, 0.6) is 0 Å². The number of nitrogen functional groups attached to an aromatic ring is 1. The molecule has 6 nitrogen and oxygen atoms in total. The normalized spacial score (nSPS) is 10.9. The van der Waals surface area contributed by atoms with Crippen LogP contribution >= 0.6 is 15.9 Å². The third kappa shape index (κ3) is 4.96. The van der Waals surface area contributed by atoms with Crippen molar-refractivity contribution in [3.8, 4) is 0 Å². The van der Waals surface area contributed by atoms with Gasteiger partial charge in [-0.05, 0) is 42.9 Å².